The van der Waals surface area contributed by atoms with Gasteiger partial charge in [0.15, 0.2) is 0 Å². The van der Waals surface area contributed by atoms with Crippen molar-refractivity contribution in [2.24, 2.45) is 5.92 Å². The van der Waals surface area contributed by atoms with Crippen molar-refractivity contribution in [3.63, 3.8) is 0 Å². The highest BCUT2D eigenvalue weighted by Crippen LogP contribution is 2.34. The van der Waals surface area contributed by atoms with Crippen LogP contribution in [-0.4, -0.2) is 36.1 Å². The van der Waals surface area contributed by atoms with E-state index in [1.54, 1.807) is 0 Å². The molecular formula is C16H28N2. The van der Waals surface area contributed by atoms with Gasteiger partial charge in [0.05, 0.1) is 0 Å². The highest BCUT2D eigenvalue weighted by molar-refractivity contribution is 5.01. The first-order chi connectivity index (χ1) is 8.67. The van der Waals surface area contributed by atoms with Gasteiger partial charge in [0, 0.05) is 31.1 Å². The molecule has 0 amide bonds. The summed E-state index contributed by atoms with van der Waals surface area (Å²) in [5, 5.41) is 3.86. The molecule has 1 aliphatic carbocycles. The van der Waals surface area contributed by atoms with E-state index in [1.807, 2.05) is 0 Å². The fraction of sp³-hybridized carbons (Fsp3) is 0.875. The van der Waals surface area contributed by atoms with E-state index in [9.17, 15) is 0 Å². The van der Waals surface area contributed by atoms with Crippen LogP contribution in [0.3, 0.4) is 0 Å². The lowest BCUT2D eigenvalue weighted by Crippen LogP contribution is -2.64. The second-order valence-corrected chi connectivity index (χ2v) is 6.46. The van der Waals surface area contributed by atoms with Crippen LogP contribution in [0.2, 0.25) is 0 Å². The van der Waals surface area contributed by atoms with Gasteiger partial charge in [-0.15, -0.1) is 12.3 Å². The fourth-order valence-electron chi connectivity index (χ4n) is 3.69. The first kappa shape index (κ1) is 13.9. The van der Waals surface area contributed by atoms with Crippen LogP contribution in [-0.2, 0) is 0 Å². The van der Waals surface area contributed by atoms with Gasteiger partial charge in [-0.05, 0) is 31.7 Å². The van der Waals surface area contributed by atoms with Gasteiger partial charge in [-0.3, -0.25) is 4.90 Å². The molecule has 0 radical (unpaired) electrons. The summed E-state index contributed by atoms with van der Waals surface area (Å²) < 4.78 is 0. The maximum absolute atomic E-state index is 5.37. The third kappa shape index (κ3) is 3.08. The SMILES string of the molecule is C#CCCCN1CC2(CCCC2)NCC1C(C)C. The second-order valence-electron chi connectivity index (χ2n) is 6.46. The molecule has 0 aromatic heterocycles. The average Bonchev–Trinajstić information content (AvgIpc) is 2.77. The third-order valence-electron chi connectivity index (χ3n) is 4.76. The molecule has 2 rings (SSSR count). The monoisotopic (exact) mass is 248 g/mol. The van der Waals surface area contributed by atoms with Crippen LogP contribution in [0.5, 0.6) is 0 Å². The van der Waals surface area contributed by atoms with Crippen LogP contribution in [0.1, 0.15) is 52.4 Å². The zero-order valence-corrected chi connectivity index (χ0v) is 12.0. The quantitative estimate of drug-likeness (QED) is 0.608. The summed E-state index contributed by atoms with van der Waals surface area (Å²) in [6, 6.07) is 0.689. The summed E-state index contributed by atoms with van der Waals surface area (Å²) in [5.74, 6) is 3.49. The number of nitrogens with zero attached hydrogens (tertiary/aromatic N) is 1. The summed E-state index contributed by atoms with van der Waals surface area (Å²) >= 11 is 0. The zero-order chi connectivity index (χ0) is 13.0. The van der Waals surface area contributed by atoms with Crippen molar-refractivity contribution in [1.82, 2.24) is 10.2 Å². The minimum absolute atomic E-state index is 0.432. The Morgan fingerprint density at radius 2 is 2.11 bits per heavy atom. The number of unbranched alkanes of at least 4 members (excludes halogenated alkanes) is 1. The normalized spacial score (nSPS) is 27.8. The van der Waals surface area contributed by atoms with Crippen LogP contribution >= 0.6 is 0 Å². The molecule has 1 saturated carbocycles. The molecule has 1 unspecified atom stereocenters. The van der Waals surface area contributed by atoms with Gasteiger partial charge < -0.3 is 5.32 Å². The topological polar surface area (TPSA) is 15.3 Å². The summed E-state index contributed by atoms with van der Waals surface area (Å²) in [4.78, 5) is 2.71. The van der Waals surface area contributed by atoms with Crippen LogP contribution < -0.4 is 5.32 Å². The maximum Gasteiger partial charge on any atom is 0.0309 e. The minimum atomic E-state index is 0.432. The van der Waals surface area contributed by atoms with Crippen LogP contribution in [0, 0.1) is 18.3 Å². The third-order valence-corrected chi connectivity index (χ3v) is 4.76. The van der Waals surface area contributed by atoms with Crippen LogP contribution in [0.4, 0.5) is 0 Å². The molecule has 2 nitrogen and oxygen atoms in total. The van der Waals surface area contributed by atoms with E-state index in [1.165, 1.54) is 38.8 Å². The molecule has 18 heavy (non-hydrogen) atoms. The highest BCUT2D eigenvalue weighted by Gasteiger charge is 2.41. The van der Waals surface area contributed by atoms with Crippen LogP contribution in [0.25, 0.3) is 0 Å². The predicted molar refractivity (Wildman–Crippen MR) is 77.5 cm³/mol. The highest BCUT2D eigenvalue weighted by atomic mass is 15.3. The lowest BCUT2D eigenvalue weighted by atomic mass is 9.89. The average molecular weight is 248 g/mol. The van der Waals surface area contributed by atoms with Gasteiger partial charge in [-0.1, -0.05) is 26.7 Å². The summed E-state index contributed by atoms with van der Waals surface area (Å²) in [5.41, 5.74) is 0.432. The van der Waals surface area contributed by atoms with Crippen molar-refractivity contribution in [3.05, 3.63) is 0 Å². The number of hydrogen-bond donors (Lipinski definition) is 1. The molecule has 1 aliphatic heterocycles. The van der Waals surface area contributed by atoms with E-state index in [0.717, 1.165) is 25.3 Å². The lowest BCUT2D eigenvalue weighted by molar-refractivity contribution is 0.0565. The summed E-state index contributed by atoms with van der Waals surface area (Å²) in [7, 11) is 0. The first-order valence-corrected chi connectivity index (χ1v) is 7.59. The van der Waals surface area contributed by atoms with E-state index in [0.29, 0.717) is 11.6 Å². The Labute approximate surface area is 113 Å². The molecule has 1 N–H and O–H groups in total. The molecule has 0 aromatic rings. The van der Waals surface area contributed by atoms with Crippen molar-refractivity contribution in [2.75, 3.05) is 19.6 Å². The molecule has 1 heterocycles. The van der Waals surface area contributed by atoms with Gasteiger partial charge in [0.25, 0.3) is 0 Å². The number of hydrogen-bond acceptors (Lipinski definition) is 2. The largest absolute Gasteiger partial charge is 0.308 e. The molecule has 102 valence electrons. The van der Waals surface area contributed by atoms with E-state index in [4.69, 9.17) is 6.42 Å². The molecule has 1 spiro atoms. The van der Waals surface area contributed by atoms with E-state index < -0.39 is 0 Å². The Morgan fingerprint density at radius 3 is 2.72 bits per heavy atom. The van der Waals surface area contributed by atoms with Crippen LogP contribution in [0.15, 0.2) is 0 Å². The van der Waals surface area contributed by atoms with Crippen molar-refractivity contribution in [2.45, 2.75) is 64.0 Å². The predicted octanol–water partition coefficient (Wildman–Crippen LogP) is 2.64. The molecule has 2 aliphatic rings. The zero-order valence-electron chi connectivity index (χ0n) is 12.0. The Kier molecular flexibility index (Phi) is 4.70. The number of rotatable bonds is 4. The summed E-state index contributed by atoms with van der Waals surface area (Å²) in [6.07, 6.45) is 13.0. The smallest absolute Gasteiger partial charge is 0.0309 e. The first-order valence-electron chi connectivity index (χ1n) is 7.59. The number of terminal acetylenes is 1. The molecule has 1 atom stereocenters. The van der Waals surface area contributed by atoms with Gasteiger partial charge in [0.1, 0.15) is 0 Å². The number of piperazine rings is 1. The van der Waals surface area contributed by atoms with E-state index >= 15 is 0 Å². The Balaban J connectivity index is 1.96. The molecular weight excluding hydrogens is 220 g/mol. The van der Waals surface area contributed by atoms with Crippen molar-refractivity contribution >= 4 is 0 Å². The Morgan fingerprint density at radius 1 is 1.39 bits per heavy atom. The van der Waals surface area contributed by atoms with Gasteiger partial charge >= 0.3 is 0 Å². The maximum atomic E-state index is 5.37. The van der Waals surface area contributed by atoms with E-state index in [-0.39, 0.29) is 0 Å². The molecule has 0 aromatic carbocycles. The molecule has 2 fully saturated rings. The Hall–Kier alpha value is -0.520. The van der Waals surface area contributed by atoms with Crippen molar-refractivity contribution < 1.29 is 0 Å². The molecule has 0 bridgehead atoms. The number of nitrogens with one attached hydrogen (secondary N) is 1. The second kappa shape index (κ2) is 6.08. The van der Waals surface area contributed by atoms with Crippen molar-refractivity contribution in [1.29, 1.82) is 0 Å². The minimum Gasteiger partial charge on any atom is -0.308 e. The Bertz CT molecular complexity index is 297. The van der Waals surface area contributed by atoms with E-state index in [2.05, 4.69) is 30.0 Å². The summed E-state index contributed by atoms with van der Waals surface area (Å²) in [6.45, 7) is 8.25. The van der Waals surface area contributed by atoms with Gasteiger partial charge in [-0.25, -0.2) is 0 Å². The van der Waals surface area contributed by atoms with Gasteiger partial charge in [-0.2, -0.15) is 0 Å². The molecule has 2 heteroatoms. The fourth-order valence-corrected chi connectivity index (χ4v) is 3.69. The van der Waals surface area contributed by atoms with Gasteiger partial charge in [0.2, 0.25) is 0 Å². The molecule has 1 saturated heterocycles. The lowest BCUT2D eigenvalue weighted by Gasteiger charge is -2.48. The standard InChI is InChI=1S/C16H28N2/c1-4-5-8-11-18-13-16(9-6-7-10-16)17-12-15(18)14(2)3/h1,14-15,17H,5-13H2,2-3H3. The van der Waals surface area contributed by atoms with Crippen molar-refractivity contribution in [3.8, 4) is 12.3 Å².